The molecule has 0 aliphatic rings. The number of aromatic nitrogens is 2. The average Bonchev–Trinajstić information content (AvgIpc) is 2.96. The molecule has 0 atom stereocenters. The minimum atomic E-state index is -4.60. The van der Waals surface area contributed by atoms with Gasteiger partial charge in [0.25, 0.3) is 11.2 Å². The van der Waals surface area contributed by atoms with Crippen LogP contribution in [0.5, 0.6) is 5.75 Å². The van der Waals surface area contributed by atoms with Gasteiger partial charge in [-0.15, -0.1) is 0 Å². The van der Waals surface area contributed by atoms with Crippen LogP contribution in [0.3, 0.4) is 0 Å². The zero-order valence-corrected chi connectivity index (χ0v) is 22.7. The van der Waals surface area contributed by atoms with E-state index in [-0.39, 0.29) is 44.9 Å². The van der Waals surface area contributed by atoms with Crippen LogP contribution < -0.4 is 10.3 Å². The van der Waals surface area contributed by atoms with Gasteiger partial charge in [-0.3, -0.25) is 14.9 Å². The summed E-state index contributed by atoms with van der Waals surface area (Å²) in [7, 11) is 0. The molecule has 42 heavy (non-hydrogen) atoms. The predicted molar refractivity (Wildman–Crippen MR) is 153 cm³/mol. The van der Waals surface area contributed by atoms with Crippen LogP contribution in [-0.4, -0.2) is 20.8 Å². The lowest BCUT2D eigenvalue weighted by atomic mass is 10.1. The SMILES string of the molecule is O=c1c2ccccc2nc(-c2cccc(C(F)(F)F)c2)n1N=Cc1cc(Cl)c(OCc2ccc([N+](=O)[O-])cc2)c(Cl)c1. The van der Waals surface area contributed by atoms with Crippen LogP contribution in [0.15, 0.2) is 94.8 Å². The lowest BCUT2D eigenvalue weighted by Crippen LogP contribution is -2.20. The van der Waals surface area contributed by atoms with E-state index in [4.69, 9.17) is 27.9 Å². The molecule has 0 saturated carbocycles. The maximum atomic E-state index is 13.4. The predicted octanol–water partition coefficient (Wildman–Crippen LogP) is 7.76. The second kappa shape index (κ2) is 11.6. The highest BCUT2D eigenvalue weighted by Gasteiger charge is 2.31. The third-order valence-corrected chi connectivity index (χ3v) is 6.64. The van der Waals surface area contributed by atoms with Gasteiger partial charge in [0.1, 0.15) is 6.61 Å². The fourth-order valence-corrected chi connectivity index (χ4v) is 4.65. The van der Waals surface area contributed by atoms with Crippen LogP contribution >= 0.6 is 23.2 Å². The van der Waals surface area contributed by atoms with E-state index in [1.54, 1.807) is 18.2 Å². The van der Waals surface area contributed by atoms with Gasteiger partial charge in [-0.25, -0.2) is 4.98 Å². The molecule has 0 aliphatic heterocycles. The van der Waals surface area contributed by atoms with Crippen molar-refractivity contribution in [1.29, 1.82) is 0 Å². The van der Waals surface area contributed by atoms with Crippen LogP contribution in [0.1, 0.15) is 16.7 Å². The Morgan fingerprint density at radius 1 is 0.976 bits per heavy atom. The van der Waals surface area contributed by atoms with Crippen molar-refractivity contribution in [2.24, 2.45) is 5.10 Å². The van der Waals surface area contributed by atoms with E-state index in [1.807, 2.05) is 0 Å². The van der Waals surface area contributed by atoms with Crippen molar-refractivity contribution in [2.75, 3.05) is 0 Å². The van der Waals surface area contributed by atoms with Crippen LogP contribution in [0, 0.1) is 10.1 Å². The number of fused-ring (bicyclic) bond motifs is 1. The van der Waals surface area contributed by atoms with Gasteiger partial charge in [0.05, 0.1) is 37.6 Å². The zero-order chi connectivity index (χ0) is 30.0. The summed E-state index contributed by atoms with van der Waals surface area (Å²) < 4.78 is 46.9. The maximum absolute atomic E-state index is 13.4. The van der Waals surface area contributed by atoms with Gasteiger partial charge in [-0.2, -0.15) is 22.9 Å². The van der Waals surface area contributed by atoms with Crippen molar-refractivity contribution in [3.63, 3.8) is 0 Å². The molecule has 5 rings (SSSR count). The molecule has 5 aromatic rings. The van der Waals surface area contributed by atoms with E-state index < -0.39 is 22.2 Å². The average molecular weight is 613 g/mol. The number of para-hydroxylation sites is 1. The number of nitrogens with zero attached hydrogens (tertiary/aromatic N) is 4. The lowest BCUT2D eigenvalue weighted by molar-refractivity contribution is -0.384. The molecule has 0 amide bonds. The van der Waals surface area contributed by atoms with Crippen LogP contribution in [-0.2, 0) is 12.8 Å². The third-order valence-electron chi connectivity index (χ3n) is 6.08. The first-order valence-corrected chi connectivity index (χ1v) is 12.9. The quantitative estimate of drug-likeness (QED) is 0.106. The van der Waals surface area contributed by atoms with Gasteiger partial charge in [0, 0.05) is 17.7 Å². The number of benzene rings is 4. The molecule has 0 N–H and O–H groups in total. The second-order valence-corrected chi connectivity index (χ2v) is 9.73. The van der Waals surface area contributed by atoms with Gasteiger partial charge in [0.15, 0.2) is 11.6 Å². The van der Waals surface area contributed by atoms with Crippen molar-refractivity contribution in [2.45, 2.75) is 12.8 Å². The standard InChI is InChI=1S/C29H17Cl2F3N4O4/c30-23-12-18(13-24(31)26(23)42-16-17-8-10-21(11-9-17)38(40)41)15-35-37-27(19-4-3-5-20(14-19)29(32,33)34)36-25-7-2-1-6-22(25)28(37)39/h1-15H,16H2. The summed E-state index contributed by atoms with van der Waals surface area (Å²) in [4.78, 5) is 28.1. The van der Waals surface area contributed by atoms with Gasteiger partial charge in [0.2, 0.25) is 0 Å². The fraction of sp³-hybridized carbons (Fsp3) is 0.0690. The summed E-state index contributed by atoms with van der Waals surface area (Å²) >= 11 is 12.8. The lowest BCUT2D eigenvalue weighted by Gasteiger charge is -2.12. The molecule has 1 heterocycles. The molecule has 13 heteroatoms. The number of hydrogen-bond acceptors (Lipinski definition) is 6. The molecule has 4 aromatic carbocycles. The summed E-state index contributed by atoms with van der Waals surface area (Å²) in [5.74, 6) is 0.0596. The summed E-state index contributed by atoms with van der Waals surface area (Å²) in [5.41, 5.74) is -0.218. The molecule has 0 radical (unpaired) electrons. The Kier molecular flexibility index (Phi) is 7.97. The summed E-state index contributed by atoms with van der Waals surface area (Å²) in [6.45, 7) is 0.0311. The highest BCUT2D eigenvalue weighted by molar-refractivity contribution is 6.37. The minimum Gasteiger partial charge on any atom is -0.486 e. The number of non-ortho nitro benzene ring substituents is 1. The Bertz CT molecular complexity index is 1890. The Balaban J connectivity index is 1.49. The monoisotopic (exact) mass is 612 g/mol. The molecule has 212 valence electrons. The molecule has 0 bridgehead atoms. The van der Waals surface area contributed by atoms with Crippen LogP contribution in [0.2, 0.25) is 10.0 Å². The van der Waals surface area contributed by atoms with E-state index in [1.165, 1.54) is 60.8 Å². The molecule has 1 aromatic heterocycles. The molecular formula is C29H17Cl2F3N4O4. The smallest absolute Gasteiger partial charge is 0.416 e. The van der Waals surface area contributed by atoms with Gasteiger partial charge in [-0.1, -0.05) is 47.5 Å². The summed E-state index contributed by atoms with van der Waals surface area (Å²) in [5, 5.41) is 15.5. The Hall–Kier alpha value is -4.74. The molecule has 0 fully saturated rings. The van der Waals surface area contributed by atoms with E-state index >= 15 is 0 Å². The van der Waals surface area contributed by atoms with Crippen LogP contribution in [0.4, 0.5) is 18.9 Å². The number of hydrogen-bond donors (Lipinski definition) is 0. The number of nitro benzene ring substituents is 1. The minimum absolute atomic E-state index is 0.0311. The molecule has 0 aliphatic carbocycles. The number of rotatable bonds is 7. The van der Waals surface area contributed by atoms with Crippen molar-refractivity contribution in [3.8, 4) is 17.1 Å². The molecule has 8 nitrogen and oxygen atoms in total. The highest BCUT2D eigenvalue weighted by atomic mass is 35.5. The number of alkyl halides is 3. The first-order valence-electron chi connectivity index (χ1n) is 12.1. The number of nitro groups is 1. The van der Waals surface area contributed by atoms with Crippen molar-refractivity contribution in [3.05, 3.63) is 132 Å². The van der Waals surface area contributed by atoms with Crippen molar-refractivity contribution >= 4 is 46.0 Å². The largest absolute Gasteiger partial charge is 0.486 e. The third kappa shape index (κ3) is 6.12. The fourth-order valence-electron chi connectivity index (χ4n) is 4.04. The molecular weight excluding hydrogens is 596 g/mol. The summed E-state index contributed by atoms with van der Waals surface area (Å²) in [6.07, 6.45) is -3.33. The highest BCUT2D eigenvalue weighted by Crippen LogP contribution is 2.35. The Morgan fingerprint density at radius 2 is 1.67 bits per heavy atom. The van der Waals surface area contributed by atoms with E-state index in [9.17, 15) is 28.1 Å². The zero-order valence-electron chi connectivity index (χ0n) is 21.2. The van der Waals surface area contributed by atoms with Crippen LogP contribution in [0.25, 0.3) is 22.3 Å². The molecule has 0 unspecified atom stereocenters. The normalized spacial score (nSPS) is 11.7. The molecule has 0 spiro atoms. The summed E-state index contributed by atoms with van der Waals surface area (Å²) in [6, 6.07) is 19.6. The van der Waals surface area contributed by atoms with Gasteiger partial charge >= 0.3 is 6.18 Å². The Morgan fingerprint density at radius 3 is 2.33 bits per heavy atom. The number of ether oxygens (including phenoxy) is 1. The van der Waals surface area contributed by atoms with Gasteiger partial charge < -0.3 is 4.74 Å². The van der Waals surface area contributed by atoms with E-state index in [0.717, 1.165) is 16.8 Å². The maximum Gasteiger partial charge on any atom is 0.416 e. The van der Waals surface area contributed by atoms with Gasteiger partial charge in [-0.05, 0) is 59.7 Å². The molecule has 0 saturated heterocycles. The first-order chi connectivity index (χ1) is 20.0. The topological polar surface area (TPSA) is 99.6 Å². The van der Waals surface area contributed by atoms with Crippen molar-refractivity contribution in [1.82, 2.24) is 9.66 Å². The van der Waals surface area contributed by atoms with Crippen molar-refractivity contribution < 1.29 is 22.8 Å². The van der Waals surface area contributed by atoms with E-state index in [0.29, 0.717) is 16.6 Å². The second-order valence-electron chi connectivity index (χ2n) is 8.92. The Labute approximate surface area is 245 Å². The first kappa shape index (κ1) is 28.8. The van der Waals surface area contributed by atoms with E-state index in [2.05, 4.69) is 10.1 Å². The number of halogens is 5.